The van der Waals surface area contributed by atoms with Gasteiger partial charge < -0.3 is 14.4 Å². The molecule has 0 radical (unpaired) electrons. The number of hydrogen-bond acceptors (Lipinski definition) is 4. The molecule has 4 heteroatoms. The zero-order valence-corrected chi connectivity index (χ0v) is 14.8. The molecule has 2 aliphatic heterocycles. The van der Waals surface area contributed by atoms with Crippen LogP contribution in [0.25, 0.3) is 0 Å². The first-order valence-electron chi connectivity index (χ1n) is 8.79. The van der Waals surface area contributed by atoms with E-state index in [4.69, 9.17) is 9.47 Å². The van der Waals surface area contributed by atoms with Crippen LogP contribution < -0.4 is 4.74 Å². The van der Waals surface area contributed by atoms with Gasteiger partial charge in [-0.25, -0.2) is 0 Å². The minimum atomic E-state index is 0.140. The molecule has 1 aromatic rings. The monoisotopic (exact) mass is 318 g/mol. The van der Waals surface area contributed by atoms with Crippen LogP contribution in [0, 0.1) is 0 Å². The standard InChI is InChI=1S/C19H30N2O2/c1-19(2,15-22-3)21-11-9-20(10-12-21)8-6-16-4-5-18-17(14-16)7-13-23-18/h4-5,14H,6-13,15H2,1-3H3. The maximum atomic E-state index is 5.59. The summed E-state index contributed by atoms with van der Waals surface area (Å²) in [5.41, 5.74) is 2.96. The Balaban J connectivity index is 1.46. The van der Waals surface area contributed by atoms with E-state index in [0.29, 0.717) is 0 Å². The summed E-state index contributed by atoms with van der Waals surface area (Å²) in [6.45, 7) is 11.9. The Morgan fingerprint density at radius 3 is 2.70 bits per heavy atom. The summed E-state index contributed by atoms with van der Waals surface area (Å²) in [5, 5.41) is 0. The largest absolute Gasteiger partial charge is 0.493 e. The van der Waals surface area contributed by atoms with Gasteiger partial charge in [-0.15, -0.1) is 0 Å². The van der Waals surface area contributed by atoms with E-state index in [1.807, 2.05) is 0 Å². The van der Waals surface area contributed by atoms with E-state index in [0.717, 1.165) is 64.5 Å². The van der Waals surface area contributed by atoms with Crippen molar-refractivity contribution in [3.05, 3.63) is 29.3 Å². The molecule has 2 heterocycles. The fourth-order valence-corrected chi connectivity index (χ4v) is 3.70. The third kappa shape index (κ3) is 4.06. The average Bonchev–Trinajstić information content (AvgIpc) is 3.01. The van der Waals surface area contributed by atoms with Crippen molar-refractivity contribution in [2.45, 2.75) is 32.2 Å². The van der Waals surface area contributed by atoms with E-state index in [9.17, 15) is 0 Å². The minimum absolute atomic E-state index is 0.140. The maximum absolute atomic E-state index is 5.59. The van der Waals surface area contributed by atoms with E-state index < -0.39 is 0 Å². The molecule has 23 heavy (non-hydrogen) atoms. The van der Waals surface area contributed by atoms with Crippen molar-refractivity contribution in [2.24, 2.45) is 0 Å². The van der Waals surface area contributed by atoms with Crippen molar-refractivity contribution in [2.75, 3.05) is 53.0 Å². The third-order valence-corrected chi connectivity index (χ3v) is 5.20. The van der Waals surface area contributed by atoms with Gasteiger partial charge in [0.2, 0.25) is 0 Å². The molecule has 1 fully saturated rings. The zero-order chi connectivity index (χ0) is 16.3. The van der Waals surface area contributed by atoms with E-state index in [1.165, 1.54) is 11.1 Å². The Labute approximate surface area is 140 Å². The predicted octanol–water partition coefficient (Wildman–Crippen LogP) is 2.21. The molecular formula is C19H30N2O2. The van der Waals surface area contributed by atoms with Crippen LogP contribution in [0.5, 0.6) is 5.75 Å². The van der Waals surface area contributed by atoms with E-state index in [-0.39, 0.29) is 5.54 Å². The highest BCUT2D eigenvalue weighted by Crippen LogP contribution is 2.26. The van der Waals surface area contributed by atoms with Crippen LogP contribution in [0.4, 0.5) is 0 Å². The molecule has 2 aliphatic rings. The lowest BCUT2D eigenvalue weighted by molar-refractivity contribution is 0.00256. The molecule has 0 amide bonds. The molecule has 1 saturated heterocycles. The SMILES string of the molecule is COCC(C)(C)N1CCN(CCc2ccc3c(c2)CCO3)CC1. The van der Waals surface area contributed by atoms with Crippen LogP contribution in [0.3, 0.4) is 0 Å². The molecule has 0 unspecified atom stereocenters. The molecule has 3 rings (SSSR count). The summed E-state index contributed by atoms with van der Waals surface area (Å²) in [5.74, 6) is 1.09. The molecule has 0 saturated carbocycles. The summed E-state index contributed by atoms with van der Waals surface area (Å²) >= 11 is 0. The number of nitrogens with zero attached hydrogens (tertiary/aromatic N) is 2. The number of piperazine rings is 1. The van der Waals surface area contributed by atoms with Crippen LogP contribution >= 0.6 is 0 Å². The lowest BCUT2D eigenvalue weighted by Gasteiger charge is -2.43. The third-order valence-electron chi connectivity index (χ3n) is 5.20. The molecule has 1 aromatic carbocycles. The van der Waals surface area contributed by atoms with E-state index >= 15 is 0 Å². The number of benzene rings is 1. The van der Waals surface area contributed by atoms with Gasteiger partial charge in [-0.3, -0.25) is 4.90 Å². The summed E-state index contributed by atoms with van der Waals surface area (Å²) in [7, 11) is 1.79. The highest BCUT2D eigenvalue weighted by molar-refractivity contribution is 5.39. The maximum Gasteiger partial charge on any atom is 0.122 e. The molecule has 0 N–H and O–H groups in total. The zero-order valence-electron chi connectivity index (χ0n) is 14.8. The Morgan fingerprint density at radius 2 is 1.96 bits per heavy atom. The molecule has 0 aromatic heterocycles. The fraction of sp³-hybridized carbons (Fsp3) is 0.684. The fourth-order valence-electron chi connectivity index (χ4n) is 3.70. The van der Waals surface area contributed by atoms with Crippen molar-refractivity contribution in [1.82, 2.24) is 9.80 Å². The summed E-state index contributed by atoms with van der Waals surface area (Å²) in [4.78, 5) is 5.14. The first kappa shape index (κ1) is 16.7. The number of fused-ring (bicyclic) bond motifs is 1. The second kappa shape index (κ2) is 7.20. The lowest BCUT2D eigenvalue weighted by atomic mass is 10.0. The smallest absolute Gasteiger partial charge is 0.122 e. The number of rotatable bonds is 6. The van der Waals surface area contributed by atoms with Gasteiger partial charge in [0, 0.05) is 51.8 Å². The van der Waals surface area contributed by atoms with Gasteiger partial charge in [-0.05, 0) is 37.5 Å². The predicted molar refractivity (Wildman–Crippen MR) is 93.3 cm³/mol. The molecular weight excluding hydrogens is 288 g/mol. The van der Waals surface area contributed by atoms with Crippen LogP contribution in [0.15, 0.2) is 18.2 Å². The molecule has 4 nitrogen and oxygen atoms in total. The van der Waals surface area contributed by atoms with Gasteiger partial charge in [0.25, 0.3) is 0 Å². The van der Waals surface area contributed by atoms with Crippen molar-refractivity contribution in [3.63, 3.8) is 0 Å². The van der Waals surface area contributed by atoms with Crippen molar-refractivity contribution in [3.8, 4) is 5.75 Å². The molecule has 0 spiro atoms. The van der Waals surface area contributed by atoms with Gasteiger partial charge in [-0.2, -0.15) is 0 Å². The molecule has 128 valence electrons. The first-order valence-corrected chi connectivity index (χ1v) is 8.79. The molecule has 0 bridgehead atoms. The number of hydrogen-bond donors (Lipinski definition) is 0. The van der Waals surface area contributed by atoms with E-state index in [1.54, 1.807) is 7.11 Å². The van der Waals surface area contributed by atoms with Gasteiger partial charge in [0.15, 0.2) is 0 Å². The quantitative estimate of drug-likeness (QED) is 0.803. The highest BCUT2D eigenvalue weighted by atomic mass is 16.5. The Kier molecular flexibility index (Phi) is 5.24. The van der Waals surface area contributed by atoms with Gasteiger partial charge in [-0.1, -0.05) is 12.1 Å². The molecule has 0 atom stereocenters. The number of methoxy groups -OCH3 is 1. The van der Waals surface area contributed by atoms with Gasteiger partial charge in [0.1, 0.15) is 5.75 Å². The number of ether oxygens (including phenoxy) is 2. The Hall–Kier alpha value is -1.10. The second-order valence-corrected chi connectivity index (χ2v) is 7.36. The van der Waals surface area contributed by atoms with Crippen molar-refractivity contribution in [1.29, 1.82) is 0 Å². The van der Waals surface area contributed by atoms with Gasteiger partial charge in [0.05, 0.1) is 13.2 Å². The van der Waals surface area contributed by atoms with Crippen LogP contribution in [0.2, 0.25) is 0 Å². The second-order valence-electron chi connectivity index (χ2n) is 7.36. The summed E-state index contributed by atoms with van der Waals surface area (Å²) < 4.78 is 10.9. The Morgan fingerprint density at radius 1 is 1.17 bits per heavy atom. The molecule has 0 aliphatic carbocycles. The minimum Gasteiger partial charge on any atom is -0.493 e. The summed E-state index contributed by atoms with van der Waals surface area (Å²) in [6.07, 6.45) is 2.20. The lowest BCUT2D eigenvalue weighted by Crippen LogP contribution is -2.56. The van der Waals surface area contributed by atoms with Crippen LogP contribution in [-0.4, -0.2) is 68.4 Å². The summed E-state index contributed by atoms with van der Waals surface area (Å²) in [6, 6.07) is 6.70. The Bertz CT molecular complexity index is 522. The highest BCUT2D eigenvalue weighted by Gasteiger charge is 2.29. The van der Waals surface area contributed by atoms with E-state index in [2.05, 4.69) is 41.8 Å². The van der Waals surface area contributed by atoms with Crippen LogP contribution in [-0.2, 0) is 17.6 Å². The van der Waals surface area contributed by atoms with Crippen molar-refractivity contribution >= 4 is 0 Å². The first-order chi connectivity index (χ1) is 11.1. The van der Waals surface area contributed by atoms with Crippen LogP contribution in [0.1, 0.15) is 25.0 Å². The normalized spacial score (nSPS) is 19.6. The topological polar surface area (TPSA) is 24.9 Å². The average molecular weight is 318 g/mol. The van der Waals surface area contributed by atoms with Gasteiger partial charge >= 0.3 is 0 Å². The van der Waals surface area contributed by atoms with Crippen molar-refractivity contribution < 1.29 is 9.47 Å².